The second-order valence-corrected chi connectivity index (χ2v) is 8.51. The normalized spacial score (nSPS) is 15.9. The number of rotatable bonds is 7. The van der Waals surface area contributed by atoms with Gasteiger partial charge in [-0.1, -0.05) is 0 Å². The van der Waals surface area contributed by atoms with E-state index < -0.39 is 11.9 Å². The summed E-state index contributed by atoms with van der Waals surface area (Å²) >= 11 is 0. The highest BCUT2D eigenvalue weighted by atomic mass is 19.1. The predicted molar refractivity (Wildman–Crippen MR) is 128 cm³/mol. The topological polar surface area (TPSA) is 132 Å². The smallest absolute Gasteiger partial charge is 0.259 e. The first-order chi connectivity index (χ1) is 17.4. The van der Waals surface area contributed by atoms with Gasteiger partial charge >= 0.3 is 0 Å². The number of ether oxygens (including phenoxy) is 1. The maximum Gasteiger partial charge on any atom is 0.259 e. The summed E-state index contributed by atoms with van der Waals surface area (Å²) in [4.78, 5) is 35.4. The van der Waals surface area contributed by atoms with E-state index in [0.717, 1.165) is 18.5 Å². The average Bonchev–Trinajstić information content (AvgIpc) is 3.60. The molecule has 4 aromatic heterocycles. The van der Waals surface area contributed by atoms with Gasteiger partial charge < -0.3 is 15.4 Å². The minimum absolute atomic E-state index is 0.115. The molecule has 2 amide bonds. The number of fused-ring (bicyclic) bond motifs is 1. The number of methoxy groups -OCH3 is 1. The van der Waals surface area contributed by atoms with Crippen molar-refractivity contribution in [3.8, 4) is 11.3 Å². The van der Waals surface area contributed by atoms with Crippen molar-refractivity contribution in [3.63, 3.8) is 0 Å². The summed E-state index contributed by atoms with van der Waals surface area (Å²) in [6, 6.07) is 1.32. The fourth-order valence-corrected chi connectivity index (χ4v) is 4.09. The molecule has 0 unspecified atom stereocenters. The molecule has 13 heteroatoms. The van der Waals surface area contributed by atoms with Crippen LogP contribution in [0.3, 0.4) is 0 Å². The summed E-state index contributed by atoms with van der Waals surface area (Å²) < 4.78 is 22.9. The Kier molecular flexibility index (Phi) is 6.40. The van der Waals surface area contributed by atoms with Gasteiger partial charge in [-0.2, -0.15) is 14.6 Å². The standard InChI is InChI=1S/C23H24FN9O3/c1-31-10-14(6-27-31)19-12-33-20(9-25-19)17(8-28-33)23(35)30-18-5-15(7-26-22(18)24)29-21(34)13-32-4-3-16(11-32)36-2/h5-10,12,16H,3-4,11,13H2,1-2H3,(H,29,34)(H,30,35)/t16-/m0/s1. The van der Waals surface area contributed by atoms with E-state index in [-0.39, 0.29) is 35.5 Å². The molecular weight excluding hydrogens is 469 g/mol. The van der Waals surface area contributed by atoms with E-state index in [1.54, 1.807) is 31.2 Å². The van der Waals surface area contributed by atoms with Gasteiger partial charge in [0, 0.05) is 39.0 Å². The van der Waals surface area contributed by atoms with Crippen LogP contribution in [0.4, 0.5) is 15.8 Å². The molecule has 36 heavy (non-hydrogen) atoms. The van der Waals surface area contributed by atoms with Crippen molar-refractivity contribution in [1.29, 1.82) is 0 Å². The lowest BCUT2D eigenvalue weighted by Crippen LogP contribution is -2.32. The van der Waals surface area contributed by atoms with Crippen LogP contribution in [0.15, 0.2) is 43.2 Å². The fourth-order valence-electron chi connectivity index (χ4n) is 4.09. The van der Waals surface area contributed by atoms with Gasteiger partial charge in [-0.15, -0.1) is 0 Å². The lowest BCUT2D eigenvalue weighted by atomic mass is 10.2. The van der Waals surface area contributed by atoms with E-state index in [4.69, 9.17) is 4.74 Å². The number of anilines is 2. The third-order valence-corrected chi connectivity index (χ3v) is 5.95. The lowest BCUT2D eigenvalue weighted by Gasteiger charge is -2.15. The maximum atomic E-state index is 14.4. The number of hydrogen-bond donors (Lipinski definition) is 2. The van der Waals surface area contributed by atoms with Gasteiger partial charge in [-0.3, -0.25) is 24.2 Å². The second kappa shape index (κ2) is 9.79. The van der Waals surface area contributed by atoms with E-state index in [9.17, 15) is 14.0 Å². The van der Waals surface area contributed by atoms with Gasteiger partial charge in [0.2, 0.25) is 11.9 Å². The van der Waals surface area contributed by atoms with Crippen LogP contribution in [0.1, 0.15) is 16.8 Å². The zero-order chi connectivity index (χ0) is 25.2. The number of aromatic nitrogens is 6. The number of amides is 2. The molecule has 0 saturated carbocycles. The van der Waals surface area contributed by atoms with Gasteiger partial charge in [0.15, 0.2) is 0 Å². The molecule has 5 rings (SSSR count). The third-order valence-electron chi connectivity index (χ3n) is 5.95. The molecule has 1 fully saturated rings. The number of hydrogen-bond acceptors (Lipinski definition) is 8. The predicted octanol–water partition coefficient (Wildman–Crippen LogP) is 1.58. The first-order valence-electron chi connectivity index (χ1n) is 11.2. The van der Waals surface area contributed by atoms with Crippen LogP contribution in [-0.4, -0.2) is 78.9 Å². The molecule has 0 bridgehead atoms. The van der Waals surface area contributed by atoms with Crippen LogP contribution in [0.25, 0.3) is 16.8 Å². The summed E-state index contributed by atoms with van der Waals surface area (Å²) in [7, 11) is 3.45. The summed E-state index contributed by atoms with van der Waals surface area (Å²) in [5, 5.41) is 13.5. The number of likely N-dealkylation sites (tertiary alicyclic amines) is 1. The number of aryl methyl sites for hydroxylation is 1. The van der Waals surface area contributed by atoms with Crippen molar-refractivity contribution in [2.75, 3.05) is 37.4 Å². The molecule has 186 valence electrons. The van der Waals surface area contributed by atoms with Crippen LogP contribution < -0.4 is 10.6 Å². The Balaban J connectivity index is 1.28. The van der Waals surface area contributed by atoms with Crippen molar-refractivity contribution in [3.05, 3.63) is 54.8 Å². The van der Waals surface area contributed by atoms with E-state index >= 15 is 0 Å². The molecule has 1 aliphatic rings. The van der Waals surface area contributed by atoms with Gasteiger partial charge in [0.05, 0.1) is 71.8 Å². The molecule has 0 aliphatic carbocycles. The third kappa shape index (κ3) is 4.92. The Morgan fingerprint density at radius 2 is 2.00 bits per heavy atom. The molecule has 0 spiro atoms. The summed E-state index contributed by atoms with van der Waals surface area (Å²) in [5.74, 6) is -1.74. The maximum absolute atomic E-state index is 14.4. The quantitative estimate of drug-likeness (QED) is 0.371. The molecule has 1 atom stereocenters. The number of nitrogens with zero attached hydrogens (tertiary/aromatic N) is 7. The highest BCUT2D eigenvalue weighted by molar-refractivity contribution is 6.09. The number of nitrogens with one attached hydrogen (secondary N) is 2. The van der Waals surface area contributed by atoms with Crippen LogP contribution in [-0.2, 0) is 16.6 Å². The fraction of sp³-hybridized carbons (Fsp3) is 0.304. The number of pyridine rings is 1. The highest BCUT2D eigenvalue weighted by Gasteiger charge is 2.24. The molecule has 0 aromatic carbocycles. The first-order valence-corrected chi connectivity index (χ1v) is 11.2. The SMILES string of the molecule is CO[C@H]1CCN(CC(=O)Nc2cnc(F)c(NC(=O)c3cnn4cc(-c5cnn(C)c5)ncc34)c2)C1. The molecule has 5 heterocycles. The number of carbonyl (C=O) groups excluding carboxylic acids is 2. The number of halogens is 1. The minimum Gasteiger partial charge on any atom is -0.380 e. The van der Waals surface area contributed by atoms with Crippen LogP contribution >= 0.6 is 0 Å². The molecule has 2 N–H and O–H groups in total. The summed E-state index contributed by atoms with van der Waals surface area (Å²) in [6.45, 7) is 1.60. The molecule has 4 aromatic rings. The summed E-state index contributed by atoms with van der Waals surface area (Å²) in [5.41, 5.74) is 2.18. The van der Waals surface area contributed by atoms with Crippen molar-refractivity contribution in [2.45, 2.75) is 12.5 Å². The molecule has 0 radical (unpaired) electrons. The molecular formula is C23H24FN9O3. The summed E-state index contributed by atoms with van der Waals surface area (Å²) in [6.07, 6.45) is 10.2. The Hall–Kier alpha value is -4.23. The van der Waals surface area contributed by atoms with E-state index in [1.165, 1.54) is 29.2 Å². The largest absolute Gasteiger partial charge is 0.380 e. The number of carbonyl (C=O) groups is 2. The zero-order valence-corrected chi connectivity index (χ0v) is 19.7. The van der Waals surface area contributed by atoms with Crippen molar-refractivity contribution >= 4 is 28.7 Å². The van der Waals surface area contributed by atoms with Crippen LogP contribution in [0.5, 0.6) is 0 Å². The molecule has 1 saturated heterocycles. The Morgan fingerprint density at radius 3 is 2.75 bits per heavy atom. The minimum atomic E-state index is -0.878. The monoisotopic (exact) mass is 493 g/mol. The van der Waals surface area contributed by atoms with Crippen molar-refractivity contribution < 1.29 is 18.7 Å². The van der Waals surface area contributed by atoms with Gasteiger partial charge in [0.25, 0.3) is 5.91 Å². The van der Waals surface area contributed by atoms with Crippen molar-refractivity contribution in [2.24, 2.45) is 7.05 Å². The van der Waals surface area contributed by atoms with Gasteiger partial charge in [0.1, 0.15) is 0 Å². The first kappa shape index (κ1) is 23.5. The highest BCUT2D eigenvalue weighted by Crippen LogP contribution is 2.21. The van der Waals surface area contributed by atoms with Gasteiger partial charge in [-0.05, 0) is 12.5 Å². The van der Waals surface area contributed by atoms with E-state index in [2.05, 4.69) is 30.8 Å². The second-order valence-electron chi connectivity index (χ2n) is 8.51. The molecule has 12 nitrogen and oxygen atoms in total. The Morgan fingerprint density at radius 1 is 1.14 bits per heavy atom. The molecule has 1 aliphatic heterocycles. The van der Waals surface area contributed by atoms with Crippen LogP contribution in [0.2, 0.25) is 0 Å². The van der Waals surface area contributed by atoms with E-state index in [1.807, 2.05) is 11.1 Å². The van der Waals surface area contributed by atoms with Crippen LogP contribution in [0, 0.1) is 5.95 Å². The van der Waals surface area contributed by atoms with Crippen molar-refractivity contribution in [1.82, 2.24) is 34.3 Å². The lowest BCUT2D eigenvalue weighted by molar-refractivity contribution is -0.117. The zero-order valence-electron chi connectivity index (χ0n) is 19.7. The average molecular weight is 494 g/mol. The Bertz CT molecular complexity index is 1430. The Labute approximate surface area is 205 Å². The van der Waals surface area contributed by atoms with E-state index in [0.29, 0.717) is 17.8 Å². The van der Waals surface area contributed by atoms with Gasteiger partial charge in [-0.25, -0.2) is 9.50 Å².